The average Bonchev–Trinajstić information content (AvgIpc) is 2.08. The quantitative estimate of drug-likeness (QED) is 0.696. The largest absolute Gasteiger partial charge is 0.494 e. The molecule has 1 unspecified atom stereocenters. The van der Waals surface area contributed by atoms with Gasteiger partial charge in [-0.2, -0.15) is 0 Å². The molecule has 1 aromatic rings. The number of anilines is 1. The van der Waals surface area contributed by atoms with Crippen LogP contribution in [0, 0.1) is 0 Å². The van der Waals surface area contributed by atoms with E-state index in [0.717, 1.165) is 17.0 Å². The summed E-state index contributed by atoms with van der Waals surface area (Å²) in [6, 6.07) is 5.48. The smallest absolute Gasteiger partial charge is 0.124 e. The van der Waals surface area contributed by atoms with Crippen molar-refractivity contribution in [3.05, 3.63) is 23.8 Å². The van der Waals surface area contributed by atoms with Crippen LogP contribution in [0.4, 0.5) is 5.69 Å². The molecule has 0 aromatic heterocycles. The van der Waals surface area contributed by atoms with Gasteiger partial charge in [0.15, 0.2) is 0 Å². The Labute approximate surface area is 78.7 Å². The van der Waals surface area contributed by atoms with Crippen LogP contribution in [0.3, 0.4) is 0 Å². The predicted molar refractivity (Wildman–Crippen MR) is 54.6 cm³/mol. The van der Waals surface area contributed by atoms with Crippen LogP contribution < -0.4 is 16.2 Å². The van der Waals surface area contributed by atoms with Gasteiger partial charge in [-0.25, -0.2) is 0 Å². The SMILES string of the molecule is CCOc1ccc(N)cc1C(C)N. The summed E-state index contributed by atoms with van der Waals surface area (Å²) in [5.41, 5.74) is 13.1. The van der Waals surface area contributed by atoms with Crippen molar-refractivity contribution in [3.63, 3.8) is 0 Å². The van der Waals surface area contributed by atoms with Gasteiger partial charge in [0.05, 0.1) is 6.61 Å². The van der Waals surface area contributed by atoms with E-state index in [2.05, 4.69) is 0 Å². The summed E-state index contributed by atoms with van der Waals surface area (Å²) in [6.45, 7) is 4.50. The molecule has 1 rings (SSSR count). The van der Waals surface area contributed by atoms with E-state index in [0.29, 0.717) is 6.61 Å². The van der Waals surface area contributed by atoms with Crippen molar-refractivity contribution < 1.29 is 4.74 Å². The molecule has 0 fully saturated rings. The van der Waals surface area contributed by atoms with Crippen molar-refractivity contribution in [2.24, 2.45) is 5.73 Å². The summed E-state index contributed by atoms with van der Waals surface area (Å²) in [7, 11) is 0. The maximum Gasteiger partial charge on any atom is 0.124 e. The highest BCUT2D eigenvalue weighted by Crippen LogP contribution is 2.25. The third-order valence-corrected chi connectivity index (χ3v) is 1.82. The van der Waals surface area contributed by atoms with Gasteiger partial charge in [-0.15, -0.1) is 0 Å². The second kappa shape index (κ2) is 4.14. The second-order valence-corrected chi connectivity index (χ2v) is 3.02. The van der Waals surface area contributed by atoms with Gasteiger partial charge < -0.3 is 16.2 Å². The summed E-state index contributed by atoms with van der Waals surface area (Å²) >= 11 is 0. The Balaban J connectivity index is 3.03. The molecule has 0 aliphatic rings. The second-order valence-electron chi connectivity index (χ2n) is 3.02. The van der Waals surface area contributed by atoms with E-state index in [1.165, 1.54) is 0 Å². The molecular weight excluding hydrogens is 164 g/mol. The first-order chi connectivity index (χ1) is 6.15. The highest BCUT2D eigenvalue weighted by molar-refractivity contribution is 5.48. The zero-order valence-corrected chi connectivity index (χ0v) is 8.08. The van der Waals surface area contributed by atoms with Gasteiger partial charge in [-0.3, -0.25) is 0 Å². The fourth-order valence-corrected chi connectivity index (χ4v) is 1.21. The number of rotatable bonds is 3. The Bertz CT molecular complexity index is 284. The fraction of sp³-hybridized carbons (Fsp3) is 0.400. The Morgan fingerprint density at radius 2 is 2.15 bits per heavy atom. The molecule has 0 heterocycles. The molecule has 0 aliphatic carbocycles. The van der Waals surface area contributed by atoms with Crippen LogP contribution in [0.15, 0.2) is 18.2 Å². The van der Waals surface area contributed by atoms with Gasteiger partial charge in [0.25, 0.3) is 0 Å². The number of nitrogens with two attached hydrogens (primary N) is 2. The van der Waals surface area contributed by atoms with E-state index in [4.69, 9.17) is 16.2 Å². The molecule has 1 aromatic carbocycles. The van der Waals surface area contributed by atoms with E-state index in [1.54, 1.807) is 0 Å². The first-order valence-electron chi connectivity index (χ1n) is 4.43. The summed E-state index contributed by atoms with van der Waals surface area (Å²) < 4.78 is 5.42. The number of hydrogen-bond donors (Lipinski definition) is 2. The first-order valence-corrected chi connectivity index (χ1v) is 4.43. The summed E-state index contributed by atoms with van der Waals surface area (Å²) in [4.78, 5) is 0. The van der Waals surface area contributed by atoms with E-state index < -0.39 is 0 Å². The minimum absolute atomic E-state index is 0.0509. The monoisotopic (exact) mass is 180 g/mol. The lowest BCUT2D eigenvalue weighted by molar-refractivity contribution is 0.335. The number of nitrogen functional groups attached to an aromatic ring is 1. The Morgan fingerprint density at radius 3 is 2.69 bits per heavy atom. The molecule has 72 valence electrons. The zero-order valence-electron chi connectivity index (χ0n) is 8.08. The summed E-state index contributed by atoms with van der Waals surface area (Å²) in [5.74, 6) is 0.826. The number of hydrogen-bond acceptors (Lipinski definition) is 3. The van der Waals surface area contributed by atoms with E-state index in [-0.39, 0.29) is 6.04 Å². The molecule has 0 aliphatic heterocycles. The highest BCUT2D eigenvalue weighted by atomic mass is 16.5. The first kappa shape index (κ1) is 9.86. The molecule has 4 N–H and O–H groups in total. The molecule has 3 nitrogen and oxygen atoms in total. The third-order valence-electron chi connectivity index (χ3n) is 1.82. The van der Waals surface area contributed by atoms with Crippen LogP contribution in [-0.4, -0.2) is 6.61 Å². The van der Waals surface area contributed by atoms with Crippen molar-refractivity contribution >= 4 is 5.69 Å². The van der Waals surface area contributed by atoms with Crippen molar-refractivity contribution in [1.82, 2.24) is 0 Å². The van der Waals surface area contributed by atoms with Gasteiger partial charge in [-0.1, -0.05) is 0 Å². The third kappa shape index (κ3) is 2.36. The van der Waals surface area contributed by atoms with Crippen LogP contribution >= 0.6 is 0 Å². The van der Waals surface area contributed by atoms with Crippen LogP contribution in [0.2, 0.25) is 0 Å². The lowest BCUT2D eigenvalue weighted by atomic mass is 10.1. The molecule has 13 heavy (non-hydrogen) atoms. The average molecular weight is 180 g/mol. The van der Waals surface area contributed by atoms with Crippen molar-refractivity contribution in [2.75, 3.05) is 12.3 Å². The Morgan fingerprint density at radius 1 is 1.46 bits per heavy atom. The Kier molecular flexibility index (Phi) is 3.14. The maximum atomic E-state index is 5.78. The van der Waals surface area contributed by atoms with E-state index >= 15 is 0 Å². The van der Waals surface area contributed by atoms with Gasteiger partial charge in [-0.05, 0) is 32.0 Å². The number of benzene rings is 1. The fourth-order valence-electron chi connectivity index (χ4n) is 1.21. The molecule has 1 atom stereocenters. The normalized spacial score (nSPS) is 12.5. The molecular formula is C10H16N2O. The molecule has 0 radical (unpaired) electrons. The lowest BCUT2D eigenvalue weighted by Crippen LogP contribution is -2.08. The van der Waals surface area contributed by atoms with Crippen molar-refractivity contribution in [1.29, 1.82) is 0 Å². The van der Waals surface area contributed by atoms with Crippen molar-refractivity contribution in [3.8, 4) is 5.75 Å². The van der Waals surface area contributed by atoms with Crippen LogP contribution in [0.1, 0.15) is 25.5 Å². The molecule has 0 bridgehead atoms. The predicted octanol–water partition coefficient (Wildman–Crippen LogP) is 1.69. The highest BCUT2D eigenvalue weighted by Gasteiger charge is 2.07. The van der Waals surface area contributed by atoms with Gasteiger partial charge in [0.1, 0.15) is 5.75 Å². The molecule has 0 saturated carbocycles. The summed E-state index contributed by atoms with van der Waals surface area (Å²) in [5, 5.41) is 0. The van der Waals surface area contributed by atoms with Crippen LogP contribution in [-0.2, 0) is 0 Å². The van der Waals surface area contributed by atoms with E-state index in [1.807, 2.05) is 32.0 Å². The topological polar surface area (TPSA) is 61.3 Å². The lowest BCUT2D eigenvalue weighted by Gasteiger charge is -2.13. The van der Waals surface area contributed by atoms with Crippen LogP contribution in [0.5, 0.6) is 5.75 Å². The molecule has 0 saturated heterocycles. The van der Waals surface area contributed by atoms with E-state index in [9.17, 15) is 0 Å². The molecule has 0 amide bonds. The van der Waals surface area contributed by atoms with Gasteiger partial charge >= 0.3 is 0 Å². The Hall–Kier alpha value is -1.22. The minimum atomic E-state index is -0.0509. The van der Waals surface area contributed by atoms with Gasteiger partial charge in [0, 0.05) is 17.3 Å². The number of ether oxygens (including phenoxy) is 1. The standard InChI is InChI=1S/C10H16N2O/c1-3-13-10-5-4-8(12)6-9(10)7(2)11/h4-7H,3,11-12H2,1-2H3. The van der Waals surface area contributed by atoms with Crippen molar-refractivity contribution in [2.45, 2.75) is 19.9 Å². The molecule has 0 spiro atoms. The zero-order chi connectivity index (χ0) is 9.84. The maximum absolute atomic E-state index is 5.78. The van der Waals surface area contributed by atoms with Crippen LogP contribution in [0.25, 0.3) is 0 Å². The van der Waals surface area contributed by atoms with Gasteiger partial charge in [0.2, 0.25) is 0 Å². The molecule has 3 heteroatoms. The summed E-state index contributed by atoms with van der Waals surface area (Å²) in [6.07, 6.45) is 0. The minimum Gasteiger partial charge on any atom is -0.494 e.